The highest BCUT2D eigenvalue weighted by Gasteiger charge is 2.03. The maximum absolute atomic E-state index is 5.84. The van der Waals surface area contributed by atoms with Crippen LogP contribution in [0.4, 0.5) is 5.69 Å². The standard InChI is InChI=1S/C10H10ClN3S/c1-14-6-8(5-13-14)15-10-3-2-7(11)4-9(10)12/h2-6H,12H2,1H3. The maximum atomic E-state index is 5.84. The minimum absolute atomic E-state index is 0.656. The Morgan fingerprint density at radius 1 is 1.47 bits per heavy atom. The second kappa shape index (κ2) is 4.16. The van der Waals surface area contributed by atoms with Crippen LogP contribution in [0.25, 0.3) is 0 Å². The predicted octanol–water partition coefficient (Wildman–Crippen LogP) is 2.81. The van der Waals surface area contributed by atoms with Gasteiger partial charge in [0.25, 0.3) is 0 Å². The number of benzene rings is 1. The van der Waals surface area contributed by atoms with Crippen molar-refractivity contribution in [3.05, 3.63) is 35.6 Å². The summed E-state index contributed by atoms with van der Waals surface area (Å²) in [5, 5.41) is 4.74. The quantitative estimate of drug-likeness (QED) is 0.820. The topological polar surface area (TPSA) is 43.8 Å². The number of hydrogen-bond acceptors (Lipinski definition) is 3. The van der Waals surface area contributed by atoms with Crippen molar-refractivity contribution in [1.29, 1.82) is 0 Å². The Kier molecular flexibility index (Phi) is 2.88. The fourth-order valence-electron chi connectivity index (χ4n) is 1.19. The van der Waals surface area contributed by atoms with Gasteiger partial charge in [-0.15, -0.1) is 0 Å². The van der Waals surface area contributed by atoms with Gasteiger partial charge in [-0.1, -0.05) is 23.4 Å². The monoisotopic (exact) mass is 239 g/mol. The number of nitrogen functional groups attached to an aromatic ring is 1. The van der Waals surface area contributed by atoms with Crippen LogP contribution in [0.2, 0.25) is 5.02 Å². The molecule has 0 fully saturated rings. The first-order valence-electron chi connectivity index (χ1n) is 4.36. The summed E-state index contributed by atoms with van der Waals surface area (Å²) in [6, 6.07) is 5.49. The molecule has 0 amide bonds. The number of nitrogens with two attached hydrogens (primary N) is 1. The van der Waals surface area contributed by atoms with Gasteiger partial charge in [0.1, 0.15) is 0 Å². The van der Waals surface area contributed by atoms with E-state index in [0.717, 1.165) is 9.79 Å². The van der Waals surface area contributed by atoms with Gasteiger partial charge in [-0.05, 0) is 18.2 Å². The SMILES string of the molecule is Cn1cc(Sc2ccc(Cl)cc2N)cn1. The molecule has 0 radical (unpaired) electrons. The van der Waals surface area contributed by atoms with Crippen molar-refractivity contribution in [2.45, 2.75) is 9.79 Å². The van der Waals surface area contributed by atoms with Crippen LogP contribution < -0.4 is 5.73 Å². The van der Waals surface area contributed by atoms with Gasteiger partial charge in [0.2, 0.25) is 0 Å². The third kappa shape index (κ3) is 2.46. The van der Waals surface area contributed by atoms with Crippen molar-refractivity contribution < 1.29 is 0 Å². The molecule has 78 valence electrons. The summed E-state index contributed by atoms with van der Waals surface area (Å²) in [6.45, 7) is 0. The van der Waals surface area contributed by atoms with Crippen molar-refractivity contribution in [3.8, 4) is 0 Å². The van der Waals surface area contributed by atoms with Gasteiger partial charge in [0.15, 0.2) is 0 Å². The van der Waals surface area contributed by atoms with E-state index in [-0.39, 0.29) is 0 Å². The molecule has 2 N–H and O–H groups in total. The first kappa shape index (κ1) is 10.4. The molecule has 5 heteroatoms. The Labute approximate surface area is 97.2 Å². The fraction of sp³-hybridized carbons (Fsp3) is 0.100. The zero-order valence-corrected chi connectivity index (χ0v) is 9.72. The molecule has 0 unspecified atom stereocenters. The van der Waals surface area contributed by atoms with Crippen molar-refractivity contribution in [3.63, 3.8) is 0 Å². The van der Waals surface area contributed by atoms with Gasteiger partial charge in [-0.2, -0.15) is 5.10 Å². The van der Waals surface area contributed by atoms with Crippen LogP contribution in [0.3, 0.4) is 0 Å². The van der Waals surface area contributed by atoms with Gasteiger partial charge in [0, 0.05) is 28.9 Å². The zero-order valence-electron chi connectivity index (χ0n) is 8.14. The summed E-state index contributed by atoms with van der Waals surface area (Å²) < 4.78 is 1.76. The third-order valence-electron chi connectivity index (χ3n) is 1.88. The number of halogens is 1. The largest absolute Gasteiger partial charge is 0.398 e. The van der Waals surface area contributed by atoms with Crippen LogP contribution in [0, 0.1) is 0 Å². The summed E-state index contributed by atoms with van der Waals surface area (Å²) >= 11 is 7.40. The molecule has 0 bridgehead atoms. The Morgan fingerprint density at radius 2 is 2.27 bits per heavy atom. The molecule has 0 aliphatic rings. The summed E-state index contributed by atoms with van der Waals surface area (Å²) in [6.07, 6.45) is 3.75. The molecule has 1 aromatic heterocycles. The lowest BCUT2D eigenvalue weighted by Crippen LogP contribution is -1.87. The molecule has 0 saturated carbocycles. The molecule has 1 heterocycles. The van der Waals surface area contributed by atoms with Crippen LogP contribution in [-0.4, -0.2) is 9.78 Å². The van der Waals surface area contributed by atoms with Gasteiger partial charge in [0.05, 0.1) is 11.1 Å². The Balaban J connectivity index is 2.24. The number of rotatable bonds is 2. The smallest absolute Gasteiger partial charge is 0.0629 e. The van der Waals surface area contributed by atoms with E-state index in [0.29, 0.717) is 10.7 Å². The van der Waals surface area contributed by atoms with Crippen molar-refractivity contribution >= 4 is 29.1 Å². The third-order valence-corrected chi connectivity index (χ3v) is 3.15. The summed E-state index contributed by atoms with van der Waals surface area (Å²) in [5.41, 5.74) is 6.53. The van der Waals surface area contributed by atoms with E-state index < -0.39 is 0 Å². The molecule has 3 nitrogen and oxygen atoms in total. The predicted molar refractivity (Wildman–Crippen MR) is 63.2 cm³/mol. The van der Waals surface area contributed by atoms with E-state index in [1.54, 1.807) is 28.7 Å². The Morgan fingerprint density at radius 3 is 2.87 bits per heavy atom. The van der Waals surface area contributed by atoms with Gasteiger partial charge < -0.3 is 5.73 Å². The molecule has 2 aromatic rings. The molecular weight excluding hydrogens is 230 g/mol. The Bertz CT molecular complexity index is 481. The number of aromatic nitrogens is 2. The summed E-state index contributed by atoms with van der Waals surface area (Å²) in [4.78, 5) is 2.05. The number of hydrogen-bond donors (Lipinski definition) is 1. The van der Waals surface area contributed by atoms with Gasteiger partial charge >= 0.3 is 0 Å². The molecular formula is C10H10ClN3S. The van der Waals surface area contributed by atoms with Crippen LogP contribution in [0.15, 0.2) is 40.4 Å². The zero-order chi connectivity index (χ0) is 10.8. The van der Waals surface area contributed by atoms with Gasteiger partial charge in [-0.25, -0.2) is 0 Å². The molecule has 0 spiro atoms. The lowest BCUT2D eigenvalue weighted by molar-refractivity contribution is 0.766. The highest BCUT2D eigenvalue weighted by atomic mass is 35.5. The summed E-state index contributed by atoms with van der Waals surface area (Å²) in [5.74, 6) is 0. The first-order chi connectivity index (χ1) is 7.15. The lowest BCUT2D eigenvalue weighted by atomic mass is 10.3. The molecule has 2 rings (SSSR count). The molecule has 0 aliphatic heterocycles. The fourth-order valence-corrected chi connectivity index (χ4v) is 2.24. The van der Waals surface area contributed by atoms with Gasteiger partial charge in [-0.3, -0.25) is 4.68 Å². The van der Waals surface area contributed by atoms with E-state index >= 15 is 0 Å². The number of aryl methyl sites for hydroxylation is 1. The van der Waals surface area contributed by atoms with Crippen LogP contribution in [0.1, 0.15) is 0 Å². The maximum Gasteiger partial charge on any atom is 0.0629 e. The van der Waals surface area contributed by atoms with E-state index in [4.69, 9.17) is 17.3 Å². The van der Waals surface area contributed by atoms with Crippen molar-refractivity contribution in [2.75, 3.05) is 5.73 Å². The van der Waals surface area contributed by atoms with Crippen LogP contribution in [0.5, 0.6) is 0 Å². The van der Waals surface area contributed by atoms with Crippen molar-refractivity contribution in [2.24, 2.45) is 7.05 Å². The van der Waals surface area contributed by atoms with Crippen LogP contribution in [-0.2, 0) is 7.05 Å². The minimum atomic E-state index is 0.656. The summed E-state index contributed by atoms with van der Waals surface area (Å²) in [7, 11) is 1.88. The van der Waals surface area contributed by atoms with E-state index in [9.17, 15) is 0 Å². The number of anilines is 1. The average Bonchev–Trinajstić information content (AvgIpc) is 2.56. The minimum Gasteiger partial charge on any atom is -0.398 e. The van der Waals surface area contributed by atoms with E-state index in [1.807, 2.05) is 25.4 Å². The molecule has 0 saturated heterocycles. The molecule has 1 aromatic carbocycles. The first-order valence-corrected chi connectivity index (χ1v) is 5.56. The normalized spacial score (nSPS) is 10.5. The average molecular weight is 240 g/mol. The van der Waals surface area contributed by atoms with E-state index in [2.05, 4.69) is 5.10 Å². The van der Waals surface area contributed by atoms with Crippen LogP contribution >= 0.6 is 23.4 Å². The second-order valence-electron chi connectivity index (χ2n) is 3.13. The highest BCUT2D eigenvalue weighted by molar-refractivity contribution is 7.99. The number of nitrogens with zero attached hydrogens (tertiary/aromatic N) is 2. The molecule has 0 atom stereocenters. The molecule has 0 aliphatic carbocycles. The lowest BCUT2D eigenvalue weighted by Gasteiger charge is -2.03. The van der Waals surface area contributed by atoms with E-state index in [1.165, 1.54) is 0 Å². The molecule has 15 heavy (non-hydrogen) atoms. The second-order valence-corrected chi connectivity index (χ2v) is 4.69. The Hall–Kier alpha value is -1.13. The van der Waals surface area contributed by atoms with Crippen molar-refractivity contribution in [1.82, 2.24) is 9.78 Å². The highest BCUT2D eigenvalue weighted by Crippen LogP contribution is 2.32.